The molecule has 6 nitrogen and oxygen atoms in total. The number of benzene rings is 1. The number of nitro benzene ring substituents is 1. The highest BCUT2D eigenvalue weighted by Gasteiger charge is 2.26. The van der Waals surface area contributed by atoms with Gasteiger partial charge in [-0.05, 0) is 18.9 Å². The number of piperidine rings is 1. The minimum Gasteiger partial charge on any atom is -0.469 e. The summed E-state index contributed by atoms with van der Waals surface area (Å²) in [6, 6.07) is 4.44. The standard InChI is InChI=1S/C13H15ClN2O4/c1-20-13(17)9-4-6-15(7-5-9)12-3-2-10(16(18)19)8-11(12)14/h2-3,8-9H,4-7H2,1H3. The number of anilines is 1. The van der Waals surface area contributed by atoms with Crippen molar-refractivity contribution in [2.24, 2.45) is 5.92 Å². The van der Waals surface area contributed by atoms with Gasteiger partial charge in [-0.25, -0.2) is 0 Å². The Morgan fingerprint density at radius 2 is 2.10 bits per heavy atom. The lowest BCUT2D eigenvalue weighted by Crippen LogP contribution is -2.36. The lowest BCUT2D eigenvalue weighted by molar-refractivity contribution is -0.384. The van der Waals surface area contributed by atoms with Crippen LogP contribution in [0.1, 0.15) is 12.8 Å². The van der Waals surface area contributed by atoms with Gasteiger partial charge in [0, 0.05) is 25.2 Å². The topological polar surface area (TPSA) is 72.7 Å². The number of halogens is 1. The third-order valence-corrected chi connectivity index (χ3v) is 3.81. The summed E-state index contributed by atoms with van der Waals surface area (Å²) in [6.07, 6.45) is 1.39. The molecule has 1 aliphatic rings. The van der Waals surface area contributed by atoms with Crippen molar-refractivity contribution in [3.05, 3.63) is 33.3 Å². The van der Waals surface area contributed by atoms with E-state index in [1.165, 1.54) is 19.2 Å². The molecule has 0 unspecified atom stereocenters. The first-order chi connectivity index (χ1) is 9.52. The Hall–Kier alpha value is -1.82. The predicted molar refractivity (Wildman–Crippen MR) is 75.1 cm³/mol. The number of nitro groups is 1. The van der Waals surface area contributed by atoms with Crippen LogP contribution in [0.2, 0.25) is 5.02 Å². The van der Waals surface area contributed by atoms with E-state index in [4.69, 9.17) is 16.3 Å². The third kappa shape index (κ3) is 3.01. The molecule has 1 heterocycles. The number of rotatable bonds is 3. The normalized spacial score (nSPS) is 16.0. The Labute approximate surface area is 121 Å². The quantitative estimate of drug-likeness (QED) is 0.487. The van der Waals surface area contributed by atoms with Crippen molar-refractivity contribution >= 4 is 28.9 Å². The lowest BCUT2D eigenvalue weighted by Gasteiger charge is -2.32. The van der Waals surface area contributed by atoms with Gasteiger partial charge in [0.2, 0.25) is 0 Å². The molecule has 0 amide bonds. The largest absolute Gasteiger partial charge is 0.469 e. The molecule has 1 saturated heterocycles. The minimum atomic E-state index is -0.473. The van der Waals surface area contributed by atoms with Gasteiger partial charge in [0.1, 0.15) is 0 Å². The summed E-state index contributed by atoms with van der Waals surface area (Å²) in [5.41, 5.74) is 0.740. The molecule has 2 rings (SSSR count). The van der Waals surface area contributed by atoms with Gasteiger partial charge < -0.3 is 9.64 Å². The van der Waals surface area contributed by atoms with E-state index in [9.17, 15) is 14.9 Å². The van der Waals surface area contributed by atoms with Crippen LogP contribution in [0.5, 0.6) is 0 Å². The molecule has 0 aromatic heterocycles. The molecule has 108 valence electrons. The van der Waals surface area contributed by atoms with E-state index >= 15 is 0 Å². The summed E-state index contributed by atoms with van der Waals surface area (Å²) in [5, 5.41) is 11.0. The van der Waals surface area contributed by atoms with Gasteiger partial charge >= 0.3 is 5.97 Å². The average molecular weight is 299 g/mol. The second-order valence-corrected chi connectivity index (χ2v) is 5.08. The maximum Gasteiger partial charge on any atom is 0.308 e. The first-order valence-corrected chi connectivity index (χ1v) is 6.67. The molecule has 1 aromatic carbocycles. The van der Waals surface area contributed by atoms with Crippen molar-refractivity contribution in [3.63, 3.8) is 0 Å². The van der Waals surface area contributed by atoms with E-state index in [0.29, 0.717) is 31.0 Å². The van der Waals surface area contributed by atoms with Crippen LogP contribution >= 0.6 is 11.6 Å². The fourth-order valence-electron chi connectivity index (χ4n) is 2.39. The highest BCUT2D eigenvalue weighted by atomic mass is 35.5. The smallest absolute Gasteiger partial charge is 0.308 e. The molecule has 0 spiro atoms. The number of ether oxygens (including phenoxy) is 1. The molecule has 20 heavy (non-hydrogen) atoms. The van der Waals surface area contributed by atoms with Crippen LogP contribution in [-0.2, 0) is 9.53 Å². The number of nitrogens with zero attached hydrogens (tertiary/aromatic N) is 2. The zero-order valence-electron chi connectivity index (χ0n) is 11.0. The summed E-state index contributed by atoms with van der Waals surface area (Å²) >= 11 is 6.10. The molecule has 0 N–H and O–H groups in total. The number of carbonyl (C=O) groups excluding carboxylic acids is 1. The van der Waals surface area contributed by atoms with E-state index in [0.717, 1.165) is 5.69 Å². The third-order valence-electron chi connectivity index (χ3n) is 3.51. The monoisotopic (exact) mass is 298 g/mol. The van der Waals surface area contributed by atoms with Gasteiger partial charge in [-0.3, -0.25) is 14.9 Å². The van der Waals surface area contributed by atoms with Crippen LogP contribution in [0.15, 0.2) is 18.2 Å². The van der Waals surface area contributed by atoms with Crippen molar-refractivity contribution in [2.75, 3.05) is 25.1 Å². The second kappa shape index (κ2) is 6.09. The molecule has 0 atom stereocenters. The number of esters is 1. The zero-order chi connectivity index (χ0) is 14.7. The molecular weight excluding hydrogens is 284 g/mol. The second-order valence-electron chi connectivity index (χ2n) is 4.68. The van der Waals surface area contributed by atoms with Crippen molar-refractivity contribution in [1.82, 2.24) is 0 Å². The fraction of sp³-hybridized carbons (Fsp3) is 0.462. The van der Waals surface area contributed by atoms with Gasteiger partial charge in [0.25, 0.3) is 5.69 Å². The van der Waals surface area contributed by atoms with Gasteiger partial charge in [0.05, 0.1) is 28.7 Å². The van der Waals surface area contributed by atoms with Crippen molar-refractivity contribution in [1.29, 1.82) is 0 Å². The molecule has 0 bridgehead atoms. The van der Waals surface area contributed by atoms with Crippen LogP contribution < -0.4 is 4.90 Å². The number of non-ortho nitro benzene ring substituents is 1. The molecule has 0 aliphatic carbocycles. The molecular formula is C13H15ClN2O4. The Morgan fingerprint density at radius 1 is 1.45 bits per heavy atom. The molecule has 1 aliphatic heterocycles. The fourth-order valence-corrected chi connectivity index (χ4v) is 2.68. The van der Waals surface area contributed by atoms with E-state index in [1.807, 2.05) is 4.90 Å². The Balaban J connectivity index is 2.07. The van der Waals surface area contributed by atoms with Crippen molar-refractivity contribution in [3.8, 4) is 0 Å². The van der Waals surface area contributed by atoms with Crippen LogP contribution in [0.4, 0.5) is 11.4 Å². The summed E-state index contributed by atoms with van der Waals surface area (Å²) in [6.45, 7) is 1.36. The van der Waals surface area contributed by atoms with Crippen LogP contribution in [0.3, 0.4) is 0 Å². The molecule has 7 heteroatoms. The number of carbonyl (C=O) groups is 1. The first kappa shape index (κ1) is 14.6. The first-order valence-electron chi connectivity index (χ1n) is 6.29. The Morgan fingerprint density at radius 3 is 2.60 bits per heavy atom. The summed E-state index contributed by atoms with van der Waals surface area (Å²) in [7, 11) is 1.39. The van der Waals surface area contributed by atoms with Crippen LogP contribution in [0, 0.1) is 16.0 Å². The molecule has 0 radical (unpaired) electrons. The lowest BCUT2D eigenvalue weighted by atomic mass is 9.96. The van der Waals surface area contributed by atoms with Crippen LogP contribution in [0.25, 0.3) is 0 Å². The summed E-state index contributed by atoms with van der Waals surface area (Å²) < 4.78 is 4.74. The average Bonchev–Trinajstić information content (AvgIpc) is 2.46. The maximum atomic E-state index is 11.5. The van der Waals surface area contributed by atoms with E-state index in [1.54, 1.807) is 6.07 Å². The maximum absolute atomic E-state index is 11.5. The highest BCUT2D eigenvalue weighted by Crippen LogP contribution is 2.32. The van der Waals surface area contributed by atoms with E-state index in [-0.39, 0.29) is 17.6 Å². The van der Waals surface area contributed by atoms with Crippen molar-refractivity contribution in [2.45, 2.75) is 12.8 Å². The number of hydrogen-bond donors (Lipinski definition) is 0. The molecule has 1 aromatic rings. The predicted octanol–water partition coefficient (Wildman–Crippen LogP) is 2.64. The summed E-state index contributed by atoms with van der Waals surface area (Å²) in [5.74, 6) is -0.257. The number of methoxy groups -OCH3 is 1. The van der Waals surface area contributed by atoms with Crippen LogP contribution in [-0.4, -0.2) is 31.1 Å². The Kier molecular flexibility index (Phi) is 4.44. The highest BCUT2D eigenvalue weighted by molar-refractivity contribution is 6.33. The zero-order valence-corrected chi connectivity index (χ0v) is 11.8. The van der Waals surface area contributed by atoms with Gasteiger partial charge in [-0.15, -0.1) is 0 Å². The molecule has 1 fully saturated rings. The minimum absolute atomic E-state index is 0.0248. The molecule has 0 saturated carbocycles. The van der Waals surface area contributed by atoms with E-state index in [2.05, 4.69) is 0 Å². The van der Waals surface area contributed by atoms with Gasteiger partial charge in [-0.2, -0.15) is 0 Å². The van der Waals surface area contributed by atoms with Gasteiger partial charge in [0.15, 0.2) is 0 Å². The SMILES string of the molecule is COC(=O)C1CCN(c2ccc([N+](=O)[O-])cc2Cl)CC1. The van der Waals surface area contributed by atoms with Crippen molar-refractivity contribution < 1.29 is 14.5 Å². The van der Waals surface area contributed by atoms with Gasteiger partial charge in [-0.1, -0.05) is 11.6 Å². The number of hydrogen-bond acceptors (Lipinski definition) is 5. The van der Waals surface area contributed by atoms with E-state index < -0.39 is 4.92 Å². The Bertz CT molecular complexity index is 527. The summed E-state index contributed by atoms with van der Waals surface area (Å²) in [4.78, 5) is 23.7.